The van der Waals surface area contributed by atoms with Gasteiger partial charge < -0.3 is 0 Å². The fraction of sp³-hybridized carbons (Fsp3) is 0.600. The predicted octanol–water partition coefficient (Wildman–Crippen LogP) is 8.01. The highest BCUT2D eigenvalue weighted by molar-refractivity contribution is 5.75. The van der Waals surface area contributed by atoms with Gasteiger partial charge in [-0.1, -0.05) is 56.2 Å². The van der Waals surface area contributed by atoms with Gasteiger partial charge in [0.2, 0.25) is 0 Å². The quantitative estimate of drug-likeness (QED) is 0.446. The van der Waals surface area contributed by atoms with Crippen LogP contribution in [0.5, 0.6) is 0 Å². The lowest BCUT2D eigenvalue weighted by Crippen LogP contribution is -2.41. The van der Waals surface area contributed by atoms with E-state index in [1.807, 2.05) is 12.1 Å². The Morgan fingerprint density at radius 3 is 1.90 bits per heavy atom. The zero-order chi connectivity index (χ0) is 20.6. The summed E-state index contributed by atoms with van der Waals surface area (Å²) < 4.78 is 55.6. The van der Waals surface area contributed by atoms with Crippen LogP contribution in [-0.4, -0.2) is 11.8 Å². The van der Waals surface area contributed by atoms with Gasteiger partial charge in [0.15, 0.2) is 0 Å². The summed E-state index contributed by atoms with van der Waals surface area (Å²) in [5.41, 5.74) is 0.714. The van der Waals surface area contributed by atoms with Crippen LogP contribution in [0.3, 0.4) is 0 Å². The molecule has 0 atom stereocenters. The van der Waals surface area contributed by atoms with E-state index in [-0.39, 0.29) is 11.6 Å². The van der Waals surface area contributed by atoms with Gasteiger partial charge in [-0.2, -0.15) is 17.6 Å². The molecule has 0 saturated heterocycles. The molecule has 3 aliphatic rings. The maximum atomic E-state index is 14.2. The van der Waals surface area contributed by atoms with E-state index in [9.17, 15) is 17.6 Å². The van der Waals surface area contributed by atoms with E-state index in [0.717, 1.165) is 48.3 Å². The van der Waals surface area contributed by atoms with Crippen LogP contribution in [0, 0.1) is 17.8 Å². The molecule has 0 bridgehead atoms. The van der Waals surface area contributed by atoms with Crippen LogP contribution in [0.2, 0.25) is 0 Å². The zero-order valence-corrected chi connectivity index (χ0v) is 17.0. The third kappa shape index (κ3) is 4.04. The Kier molecular flexibility index (Phi) is 5.65. The number of hydrogen-bond donors (Lipinski definition) is 0. The second-order valence-electron chi connectivity index (χ2n) is 9.39. The van der Waals surface area contributed by atoms with Crippen molar-refractivity contribution in [2.24, 2.45) is 17.8 Å². The number of benzene rings is 1. The van der Waals surface area contributed by atoms with Gasteiger partial charge in [0.05, 0.1) is 0 Å². The normalized spacial score (nSPS) is 33.9. The van der Waals surface area contributed by atoms with Gasteiger partial charge in [0.1, 0.15) is 0 Å². The molecule has 158 valence electrons. The molecule has 1 aromatic carbocycles. The molecule has 0 amide bonds. The topological polar surface area (TPSA) is 0 Å². The maximum Gasteiger partial charge on any atom is 0.339 e. The van der Waals surface area contributed by atoms with Crippen LogP contribution in [0.25, 0.3) is 5.57 Å². The first kappa shape index (κ1) is 20.7. The van der Waals surface area contributed by atoms with Crippen LogP contribution < -0.4 is 0 Å². The molecule has 1 aromatic rings. The molecular weight excluding hydrogens is 376 g/mol. The predicted molar refractivity (Wildman–Crippen MR) is 109 cm³/mol. The van der Waals surface area contributed by atoms with E-state index in [0.29, 0.717) is 5.92 Å². The molecule has 3 aliphatic carbocycles. The molecule has 0 spiro atoms. The molecule has 29 heavy (non-hydrogen) atoms. The summed E-state index contributed by atoms with van der Waals surface area (Å²) in [7, 11) is 0. The van der Waals surface area contributed by atoms with Gasteiger partial charge in [0, 0.05) is 5.57 Å². The highest BCUT2D eigenvalue weighted by Gasteiger charge is 2.58. The fourth-order valence-corrected chi connectivity index (χ4v) is 5.55. The molecule has 0 N–H and O–H groups in total. The Bertz CT molecular complexity index is 759. The summed E-state index contributed by atoms with van der Waals surface area (Å²) in [6, 6.07) is 6.88. The van der Waals surface area contributed by atoms with Crippen molar-refractivity contribution in [3.8, 4) is 0 Å². The number of hydrogen-bond acceptors (Lipinski definition) is 0. The summed E-state index contributed by atoms with van der Waals surface area (Å²) in [5.74, 6) is -5.29. The van der Waals surface area contributed by atoms with Crippen molar-refractivity contribution in [1.29, 1.82) is 0 Å². The lowest BCUT2D eigenvalue weighted by molar-refractivity contribution is -0.140. The van der Waals surface area contributed by atoms with Gasteiger partial charge >= 0.3 is 11.8 Å². The minimum atomic E-state index is -4.18. The standard InChI is InChI=1S/C25H30F4/c1-17-4-6-18(7-5-17)19-8-10-20(11-9-19)21-12-14-22(15-13-21)23-3-2-16-24(26,27)25(23,28)29/h2-3,12-20H,4-11H2,1H3. The molecule has 0 nitrogen and oxygen atoms in total. The lowest BCUT2D eigenvalue weighted by Gasteiger charge is -2.37. The monoisotopic (exact) mass is 406 g/mol. The van der Waals surface area contributed by atoms with Crippen LogP contribution >= 0.6 is 0 Å². The Labute approximate surface area is 171 Å². The number of halogens is 4. The van der Waals surface area contributed by atoms with Crippen molar-refractivity contribution in [2.75, 3.05) is 0 Å². The van der Waals surface area contributed by atoms with Gasteiger partial charge in [0.25, 0.3) is 0 Å². The highest BCUT2D eigenvalue weighted by Crippen LogP contribution is 2.48. The molecule has 2 saturated carbocycles. The molecule has 0 unspecified atom stereocenters. The third-order valence-corrected chi connectivity index (χ3v) is 7.52. The van der Waals surface area contributed by atoms with Crippen molar-refractivity contribution >= 4 is 5.57 Å². The average molecular weight is 407 g/mol. The first-order valence-electron chi connectivity index (χ1n) is 11.0. The Hall–Kier alpha value is -1.58. The van der Waals surface area contributed by atoms with E-state index in [1.165, 1.54) is 38.5 Å². The SMILES string of the molecule is CC1CCC(C2CCC(c3ccc(C4=CC=CC(F)(F)C4(F)F)cc3)CC2)CC1. The van der Waals surface area contributed by atoms with Crippen molar-refractivity contribution in [2.45, 2.75) is 76.1 Å². The van der Waals surface area contributed by atoms with Crippen LogP contribution in [0.1, 0.15) is 75.3 Å². The van der Waals surface area contributed by atoms with Crippen molar-refractivity contribution in [3.05, 3.63) is 53.6 Å². The van der Waals surface area contributed by atoms with Crippen LogP contribution in [0.15, 0.2) is 42.5 Å². The summed E-state index contributed by atoms with van der Waals surface area (Å²) in [6.45, 7) is 2.35. The molecule has 0 aromatic heterocycles. The lowest BCUT2D eigenvalue weighted by atomic mass is 9.68. The summed E-state index contributed by atoms with van der Waals surface area (Å²) >= 11 is 0. The molecule has 4 rings (SSSR count). The largest absolute Gasteiger partial charge is 0.339 e. The number of rotatable bonds is 3. The highest BCUT2D eigenvalue weighted by atomic mass is 19.3. The average Bonchev–Trinajstić information content (AvgIpc) is 2.71. The van der Waals surface area contributed by atoms with Gasteiger partial charge in [-0.25, -0.2) is 0 Å². The maximum absolute atomic E-state index is 14.2. The second-order valence-corrected chi connectivity index (χ2v) is 9.39. The summed E-state index contributed by atoms with van der Waals surface area (Å²) in [4.78, 5) is 0. The van der Waals surface area contributed by atoms with E-state index in [4.69, 9.17) is 0 Å². The van der Waals surface area contributed by atoms with Crippen molar-refractivity contribution < 1.29 is 17.6 Å². The molecule has 0 radical (unpaired) electrons. The van der Waals surface area contributed by atoms with E-state index in [1.54, 1.807) is 12.1 Å². The second kappa shape index (κ2) is 7.92. The van der Waals surface area contributed by atoms with Crippen molar-refractivity contribution in [3.63, 3.8) is 0 Å². The first-order valence-corrected chi connectivity index (χ1v) is 11.0. The van der Waals surface area contributed by atoms with Gasteiger partial charge in [-0.3, -0.25) is 0 Å². The fourth-order valence-electron chi connectivity index (χ4n) is 5.55. The Balaban J connectivity index is 1.39. The molecule has 4 heteroatoms. The summed E-state index contributed by atoms with van der Waals surface area (Å²) in [6.07, 6.45) is 12.6. The number of allylic oxidation sites excluding steroid dienone is 4. The van der Waals surface area contributed by atoms with E-state index >= 15 is 0 Å². The van der Waals surface area contributed by atoms with Crippen LogP contribution in [0.4, 0.5) is 17.6 Å². The van der Waals surface area contributed by atoms with E-state index in [2.05, 4.69) is 6.92 Å². The Morgan fingerprint density at radius 1 is 0.759 bits per heavy atom. The molecule has 0 aliphatic heterocycles. The van der Waals surface area contributed by atoms with Crippen LogP contribution in [-0.2, 0) is 0 Å². The first-order chi connectivity index (χ1) is 13.8. The molecule has 0 heterocycles. The Morgan fingerprint density at radius 2 is 1.31 bits per heavy atom. The third-order valence-electron chi connectivity index (χ3n) is 7.52. The minimum absolute atomic E-state index is 0.174. The van der Waals surface area contributed by atoms with Crippen molar-refractivity contribution in [1.82, 2.24) is 0 Å². The van der Waals surface area contributed by atoms with E-state index < -0.39 is 17.4 Å². The summed E-state index contributed by atoms with van der Waals surface area (Å²) in [5, 5.41) is 0. The number of alkyl halides is 4. The molecule has 2 fully saturated rings. The molecular formula is C25H30F4. The van der Waals surface area contributed by atoms with Gasteiger partial charge in [-0.05, 0) is 79.4 Å². The van der Waals surface area contributed by atoms with Gasteiger partial charge in [-0.15, -0.1) is 0 Å². The zero-order valence-electron chi connectivity index (χ0n) is 17.0. The minimum Gasteiger partial charge on any atom is -0.195 e. The smallest absolute Gasteiger partial charge is 0.195 e.